The Morgan fingerprint density at radius 1 is 0.900 bits per heavy atom. The van der Waals surface area contributed by atoms with E-state index < -0.39 is 0 Å². The van der Waals surface area contributed by atoms with Gasteiger partial charge in [-0.05, 0) is 47.7 Å². The Kier molecular flexibility index (Phi) is 8.93. The fourth-order valence-corrected chi connectivity index (χ4v) is 4.89. The third-order valence-electron chi connectivity index (χ3n) is 7.22. The molecule has 7 nitrogen and oxygen atoms in total. The SMILES string of the molecule is COc1ccc(CN2CCC(Oc3ccc(CNC(=O)c4ccc(-c5ccccc5)cc4)cn3)CC2)c(OC)c1. The molecule has 3 aromatic carbocycles. The van der Waals surface area contributed by atoms with Gasteiger partial charge in [0.05, 0.1) is 14.2 Å². The molecule has 0 bridgehead atoms. The van der Waals surface area contributed by atoms with Crippen molar-refractivity contribution in [3.05, 3.63) is 108 Å². The summed E-state index contributed by atoms with van der Waals surface area (Å²) >= 11 is 0. The number of rotatable bonds is 10. The first-order chi connectivity index (χ1) is 19.6. The Labute approximate surface area is 235 Å². The van der Waals surface area contributed by atoms with Crippen LogP contribution in [0.2, 0.25) is 0 Å². The summed E-state index contributed by atoms with van der Waals surface area (Å²) < 4.78 is 17.0. The molecular weight excluding hydrogens is 502 g/mol. The number of pyridine rings is 1. The van der Waals surface area contributed by atoms with Gasteiger partial charge in [0.15, 0.2) is 0 Å². The molecule has 1 aliphatic rings. The molecule has 2 heterocycles. The molecule has 1 N–H and O–H groups in total. The maximum atomic E-state index is 12.6. The van der Waals surface area contributed by atoms with Crippen LogP contribution in [0.3, 0.4) is 0 Å². The van der Waals surface area contributed by atoms with E-state index in [-0.39, 0.29) is 12.0 Å². The highest BCUT2D eigenvalue weighted by atomic mass is 16.5. The van der Waals surface area contributed by atoms with E-state index >= 15 is 0 Å². The molecule has 206 valence electrons. The average Bonchev–Trinajstić information content (AvgIpc) is 3.02. The number of amides is 1. The highest BCUT2D eigenvalue weighted by molar-refractivity contribution is 5.94. The number of ether oxygens (including phenoxy) is 3. The number of nitrogens with one attached hydrogen (secondary N) is 1. The summed E-state index contributed by atoms with van der Waals surface area (Å²) in [7, 11) is 3.35. The third kappa shape index (κ3) is 6.98. The number of benzene rings is 3. The van der Waals surface area contributed by atoms with Crippen molar-refractivity contribution >= 4 is 5.91 Å². The van der Waals surface area contributed by atoms with Crippen molar-refractivity contribution in [1.82, 2.24) is 15.2 Å². The monoisotopic (exact) mass is 537 g/mol. The lowest BCUT2D eigenvalue weighted by Gasteiger charge is -2.32. The molecule has 0 aliphatic carbocycles. The summed E-state index contributed by atoms with van der Waals surface area (Å²) in [5.74, 6) is 2.14. The Morgan fingerprint density at radius 2 is 1.65 bits per heavy atom. The van der Waals surface area contributed by atoms with Gasteiger partial charge in [0.2, 0.25) is 5.88 Å². The van der Waals surface area contributed by atoms with E-state index in [0.717, 1.165) is 66.2 Å². The maximum absolute atomic E-state index is 12.6. The minimum absolute atomic E-state index is 0.112. The van der Waals surface area contributed by atoms with Crippen molar-refractivity contribution in [3.8, 4) is 28.5 Å². The maximum Gasteiger partial charge on any atom is 0.251 e. The van der Waals surface area contributed by atoms with Crippen LogP contribution in [-0.4, -0.2) is 49.2 Å². The van der Waals surface area contributed by atoms with Crippen molar-refractivity contribution in [2.45, 2.75) is 32.0 Å². The number of aromatic nitrogens is 1. The van der Waals surface area contributed by atoms with Crippen LogP contribution in [0.15, 0.2) is 91.1 Å². The summed E-state index contributed by atoms with van der Waals surface area (Å²) in [6.07, 6.45) is 3.76. The highest BCUT2D eigenvalue weighted by Crippen LogP contribution is 2.27. The van der Waals surface area contributed by atoms with Crippen LogP contribution >= 0.6 is 0 Å². The average molecular weight is 538 g/mol. The minimum Gasteiger partial charge on any atom is -0.497 e. The van der Waals surface area contributed by atoms with Crippen LogP contribution in [-0.2, 0) is 13.1 Å². The molecule has 0 radical (unpaired) electrons. The molecule has 5 rings (SSSR count). The smallest absolute Gasteiger partial charge is 0.251 e. The fraction of sp³-hybridized carbons (Fsp3) is 0.273. The van der Waals surface area contributed by atoms with Crippen LogP contribution in [0.25, 0.3) is 11.1 Å². The van der Waals surface area contributed by atoms with Crippen molar-refractivity contribution in [1.29, 1.82) is 0 Å². The van der Waals surface area contributed by atoms with Crippen molar-refractivity contribution in [2.24, 2.45) is 0 Å². The number of nitrogens with zero attached hydrogens (tertiary/aromatic N) is 2. The van der Waals surface area contributed by atoms with Gasteiger partial charge < -0.3 is 19.5 Å². The first-order valence-electron chi connectivity index (χ1n) is 13.6. The van der Waals surface area contributed by atoms with E-state index in [1.807, 2.05) is 66.7 Å². The number of methoxy groups -OCH3 is 2. The lowest BCUT2D eigenvalue weighted by Crippen LogP contribution is -2.38. The quantitative estimate of drug-likeness (QED) is 0.278. The van der Waals surface area contributed by atoms with Crippen molar-refractivity contribution < 1.29 is 19.0 Å². The number of carbonyl (C=O) groups excluding carboxylic acids is 1. The van der Waals surface area contributed by atoms with E-state index in [4.69, 9.17) is 14.2 Å². The van der Waals surface area contributed by atoms with Gasteiger partial charge in [-0.15, -0.1) is 0 Å². The number of piperidine rings is 1. The van der Waals surface area contributed by atoms with Gasteiger partial charge in [-0.1, -0.05) is 54.6 Å². The summed E-state index contributed by atoms with van der Waals surface area (Å²) in [5, 5.41) is 2.97. The Hall–Kier alpha value is -4.36. The summed E-state index contributed by atoms with van der Waals surface area (Å²) in [6.45, 7) is 3.11. The van der Waals surface area contributed by atoms with Crippen LogP contribution in [0.1, 0.15) is 34.3 Å². The topological polar surface area (TPSA) is 72.9 Å². The van der Waals surface area contributed by atoms with Gasteiger partial charge in [-0.3, -0.25) is 9.69 Å². The van der Waals surface area contributed by atoms with Gasteiger partial charge in [-0.2, -0.15) is 0 Å². The molecule has 0 spiro atoms. The number of hydrogen-bond donors (Lipinski definition) is 1. The normalized spacial score (nSPS) is 13.9. The van der Waals surface area contributed by atoms with Gasteiger partial charge in [-0.25, -0.2) is 4.98 Å². The molecule has 0 saturated carbocycles. The van der Waals surface area contributed by atoms with Gasteiger partial charge >= 0.3 is 0 Å². The highest BCUT2D eigenvalue weighted by Gasteiger charge is 2.22. The predicted molar refractivity (Wildman–Crippen MR) is 156 cm³/mol. The van der Waals surface area contributed by atoms with Gasteiger partial charge in [0, 0.05) is 55.6 Å². The van der Waals surface area contributed by atoms with Crippen molar-refractivity contribution in [2.75, 3.05) is 27.3 Å². The molecule has 0 atom stereocenters. The first-order valence-corrected chi connectivity index (χ1v) is 13.6. The molecule has 7 heteroatoms. The second-order valence-electron chi connectivity index (χ2n) is 9.90. The molecule has 1 fully saturated rings. The predicted octanol–water partition coefficient (Wildman–Crippen LogP) is 5.74. The van der Waals surface area contributed by atoms with Crippen molar-refractivity contribution in [3.63, 3.8) is 0 Å². The molecule has 40 heavy (non-hydrogen) atoms. The zero-order valence-electron chi connectivity index (χ0n) is 23.0. The molecule has 1 amide bonds. The largest absolute Gasteiger partial charge is 0.497 e. The summed E-state index contributed by atoms with van der Waals surface area (Å²) in [4.78, 5) is 19.5. The molecule has 1 aromatic heterocycles. The van der Waals surface area contributed by atoms with E-state index in [1.165, 1.54) is 0 Å². The molecular formula is C33H35N3O4. The fourth-order valence-electron chi connectivity index (χ4n) is 4.89. The van der Waals surface area contributed by atoms with E-state index in [1.54, 1.807) is 20.4 Å². The number of hydrogen-bond acceptors (Lipinski definition) is 6. The molecule has 4 aromatic rings. The minimum atomic E-state index is -0.112. The Balaban J connectivity index is 1.06. The third-order valence-corrected chi connectivity index (χ3v) is 7.22. The molecule has 1 saturated heterocycles. The van der Waals surface area contributed by atoms with Gasteiger partial charge in [0.1, 0.15) is 17.6 Å². The zero-order valence-corrected chi connectivity index (χ0v) is 23.0. The summed E-state index contributed by atoms with van der Waals surface area (Å²) in [6, 6.07) is 27.6. The second kappa shape index (κ2) is 13.1. The van der Waals surface area contributed by atoms with Gasteiger partial charge in [0.25, 0.3) is 5.91 Å². The zero-order chi connectivity index (χ0) is 27.7. The number of carbonyl (C=O) groups is 1. The summed E-state index contributed by atoms with van der Waals surface area (Å²) in [5.41, 5.74) is 4.91. The molecule has 1 aliphatic heterocycles. The Bertz CT molecular complexity index is 1380. The Morgan fingerprint density at radius 3 is 2.33 bits per heavy atom. The van der Waals surface area contributed by atoms with E-state index in [0.29, 0.717) is 18.0 Å². The standard InChI is InChI=1S/C33H35N3O4/c1-38-30-14-13-28(31(20-30)39-2)23-36-18-16-29(17-19-36)40-32-15-8-24(21-34-32)22-35-33(37)27-11-9-26(10-12-27)25-6-4-3-5-7-25/h3-15,20-21,29H,16-19,22-23H2,1-2H3,(H,35,37). The molecule has 0 unspecified atom stereocenters. The number of likely N-dealkylation sites (tertiary alicyclic amines) is 1. The lowest BCUT2D eigenvalue weighted by atomic mass is 10.0. The van der Waals surface area contributed by atoms with Crippen LogP contribution in [0, 0.1) is 0 Å². The van der Waals surface area contributed by atoms with Crippen LogP contribution in [0.4, 0.5) is 0 Å². The first kappa shape index (κ1) is 27.2. The van der Waals surface area contributed by atoms with Crippen LogP contribution < -0.4 is 19.5 Å². The van der Waals surface area contributed by atoms with E-state index in [2.05, 4.69) is 33.4 Å². The van der Waals surface area contributed by atoms with Crippen LogP contribution in [0.5, 0.6) is 17.4 Å². The second-order valence-corrected chi connectivity index (χ2v) is 9.90. The van der Waals surface area contributed by atoms with E-state index in [9.17, 15) is 4.79 Å². The lowest BCUT2D eigenvalue weighted by molar-refractivity contribution is 0.0927.